The van der Waals surface area contributed by atoms with Crippen molar-refractivity contribution in [3.8, 4) is 0 Å². The van der Waals surface area contributed by atoms with Gasteiger partial charge in [-0.3, -0.25) is 0 Å². The first-order chi connectivity index (χ1) is 9.86. The highest BCUT2D eigenvalue weighted by Crippen LogP contribution is 2.22. The molecular formula is C13H18N2O5S. The smallest absolute Gasteiger partial charge is 0.336 e. The predicted octanol–water partition coefficient (Wildman–Crippen LogP) is 0.140. The number of nitrogen functional groups attached to an aromatic ring is 1. The molecular weight excluding hydrogens is 296 g/mol. The van der Waals surface area contributed by atoms with Gasteiger partial charge < -0.3 is 15.2 Å². The van der Waals surface area contributed by atoms with Crippen LogP contribution in [0.25, 0.3) is 0 Å². The van der Waals surface area contributed by atoms with Crippen LogP contribution in [-0.4, -0.2) is 51.6 Å². The van der Waals surface area contributed by atoms with E-state index in [-0.39, 0.29) is 24.6 Å². The second kappa shape index (κ2) is 6.00. The summed E-state index contributed by atoms with van der Waals surface area (Å²) in [6.07, 6.45) is -0.895. The van der Waals surface area contributed by atoms with E-state index in [4.69, 9.17) is 10.5 Å². The van der Waals surface area contributed by atoms with Crippen LogP contribution in [0.2, 0.25) is 0 Å². The fourth-order valence-corrected chi connectivity index (χ4v) is 3.59. The highest BCUT2D eigenvalue weighted by atomic mass is 32.2. The third-order valence-corrected chi connectivity index (χ3v) is 5.23. The maximum atomic E-state index is 12.6. The van der Waals surface area contributed by atoms with Gasteiger partial charge in [0.05, 0.1) is 25.2 Å². The number of aryl methyl sites for hydroxylation is 1. The van der Waals surface area contributed by atoms with E-state index in [1.807, 2.05) is 0 Å². The highest BCUT2D eigenvalue weighted by molar-refractivity contribution is 7.89. The Balaban J connectivity index is 2.26. The number of ether oxygens (including phenoxy) is 2. The molecule has 0 spiro atoms. The van der Waals surface area contributed by atoms with Crippen molar-refractivity contribution in [1.29, 1.82) is 0 Å². The molecule has 8 heteroatoms. The zero-order valence-corrected chi connectivity index (χ0v) is 12.7. The molecule has 2 N–H and O–H groups in total. The number of benzene rings is 1. The topological polar surface area (TPSA) is 98.9 Å². The summed E-state index contributed by atoms with van der Waals surface area (Å²) < 4.78 is 36.2. The van der Waals surface area contributed by atoms with E-state index in [1.165, 1.54) is 23.5 Å². The number of morpholine rings is 1. The molecule has 1 heterocycles. The molecule has 1 unspecified atom stereocenters. The van der Waals surface area contributed by atoms with Crippen LogP contribution in [0.15, 0.2) is 23.1 Å². The molecule has 21 heavy (non-hydrogen) atoms. The van der Waals surface area contributed by atoms with Gasteiger partial charge in [-0.05, 0) is 30.7 Å². The monoisotopic (exact) mass is 314 g/mol. The first-order valence-corrected chi connectivity index (χ1v) is 7.86. The number of hydrogen-bond donors (Lipinski definition) is 1. The van der Waals surface area contributed by atoms with Crippen LogP contribution in [-0.2, 0) is 24.3 Å². The van der Waals surface area contributed by atoms with E-state index in [9.17, 15) is 13.2 Å². The number of sulfonamides is 1. The molecule has 0 aromatic heterocycles. The summed E-state index contributed by atoms with van der Waals surface area (Å²) in [4.78, 5) is 11.6. The maximum absolute atomic E-state index is 12.6. The standard InChI is InChI=1S/C13H18N2O5S/c1-9-7-10(3-4-11(9)14)21(17,18)15-5-6-20-12(8-15)13(16)19-2/h3-4,7,12H,5-6,8,14H2,1-2H3. The molecule has 1 aromatic rings. The second-order valence-electron chi connectivity index (χ2n) is 4.76. The number of esters is 1. The Labute approximate surface area is 123 Å². The molecule has 2 rings (SSSR count). The molecule has 1 saturated heterocycles. The van der Waals surface area contributed by atoms with Crippen molar-refractivity contribution in [2.45, 2.75) is 17.9 Å². The number of nitrogens with two attached hydrogens (primary N) is 1. The lowest BCUT2D eigenvalue weighted by Crippen LogP contribution is -2.48. The number of carbonyl (C=O) groups is 1. The van der Waals surface area contributed by atoms with E-state index in [2.05, 4.69) is 4.74 Å². The number of methoxy groups -OCH3 is 1. The van der Waals surface area contributed by atoms with Crippen molar-refractivity contribution in [2.24, 2.45) is 0 Å². The minimum Gasteiger partial charge on any atom is -0.467 e. The second-order valence-corrected chi connectivity index (χ2v) is 6.70. The molecule has 0 bridgehead atoms. The molecule has 0 aliphatic carbocycles. The van der Waals surface area contributed by atoms with Crippen LogP contribution in [0.5, 0.6) is 0 Å². The SMILES string of the molecule is COC(=O)C1CN(S(=O)(=O)c2ccc(N)c(C)c2)CCO1. The minimum atomic E-state index is -3.69. The summed E-state index contributed by atoms with van der Waals surface area (Å²) >= 11 is 0. The molecule has 1 aliphatic rings. The number of carbonyl (C=O) groups excluding carboxylic acids is 1. The van der Waals surface area contributed by atoms with Crippen molar-refractivity contribution < 1.29 is 22.7 Å². The van der Waals surface area contributed by atoms with Crippen LogP contribution >= 0.6 is 0 Å². The van der Waals surface area contributed by atoms with Gasteiger partial charge in [-0.15, -0.1) is 0 Å². The van der Waals surface area contributed by atoms with E-state index in [0.717, 1.165) is 0 Å². The van der Waals surface area contributed by atoms with Gasteiger partial charge in [0.2, 0.25) is 10.0 Å². The van der Waals surface area contributed by atoms with Crippen LogP contribution in [0.4, 0.5) is 5.69 Å². The van der Waals surface area contributed by atoms with Gasteiger partial charge >= 0.3 is 5.97 Å². The summed E-state index contributed by atoms with van der Waals surface area (Å²) in [5.74, 6) is -0.580. The van der Waals surface area contributed by atoms with Crippen LogP contribution in [0, 0.1) is 6.92 Å². The zero-order valence-electron chi connectivity index (χ0n) is 11.9. The number of rotatable bonds is 3. The predicted molar refractivity (Wildman–Crippen MR) is 76.1 cm³/mol. The molecule has 1 fully saturated rings. The number of hydrogen-bond acceptors (Lipinski definition) is 6. The van der Waals surface area contributed by atoms with Gasteiger partial charge in [-0.25, -0.2) is 13.2 Å². The van der Waals surface area contributed by atoms with Crippen molar-refractivity contribution in [3.05, 3.63) is 23.8 Å². The Morgan fingerprint density at radius 3 is 2.81 bits per heavy atom. The van der Waals surface area contributed by atoms with Gasteiger partial charge in [0.1, 0.15) is 0 Å². The largest absolute Gasteiger partial charge is 0.467 e. The third kappa shape index (κ3) is 3.17. The average Bonchev–Trinajstić information content (AvgIpc) is 2.49. The molecule has 1 aromatic carbocycles. The Kier molecular flexibility index (Phi) is 4.50. The minimum absolute atomic E-state index is 0.0571. The average molecular weight is 314 g/mol. The van der Waals surface area contributed by atoms with E-state index in [1.54, 1.807) is 13.0 Å². The van der Waals surface area contributed by atoms with E-state index < -0.39 is 22.1 Å². The molecule has 1 aliphatic heterocycles. The lowest BCUT2D eigenvalue weighted by molar-refractivity contribution is -0.157. The highest BCUT2D eigenvalue weighted by Gasteiger charge is 2.34. The lowest BCUT2D eigenvalue weighted by atomic mass is 10.2. The van der Waals surface area contributed by atoms with Crippen LogP contribution in [0.1, 0.15) is 5.56 Å². The van der Waals surface area contributed by atoms with Crippen molar-refractivity contribution in [1.82, 2.24) is 4.31 Å². The lowest BCUT2D eigenvalue weighted by Gasteiger charge is -2.30. The normalized spacial score (nSPS) is 20.2. The summed E-state index contributed by atoms with van der Waals surface area (Å²) in [5, 5.41) is 0. The van der Waals surface area contributed by atoms with E-state index >= 15 is 0 Å². The third-order valence-electron chi connectivity index (χ3n) is 3.37. The zero-order chi connectivity index (χ0) is 15.6. The molecule has 7 nitrogen and oxygen atoms in total. The van der Waals surface area contributed by atoms with Gasteiger partial charge in [0.15, 0.2) is 6.10 Å². The molecule has 0 radical (unpaired) electrons. The Morgan fingerprint density at radius 2 is 2.19 bits per heavy atom. The van der Waals surface area contributed by atoms with Crippen molar-refractivity contribution in [3.63, 3.8) is 0 Å². The van der Waals surface area contributed by atoms with Gasteiger partial charge in [-0.2, -0.15) is 4.31 Å². The Bertz CT molecular complexity index is 644. The Hall–Kier alpha value is -1.64. The fourth-order valence-electron chi connectivity index (χ4n) is 2.08. The summed E-state index contributed by atoms with van der Waals surface area (Å²) in [5.41, 5.74) is 6.92. The number of anilines is 1. The van der Waals surface area contributed by atoms with Crippen LogP contribution in [0.3, 0.4) is 0 Å². The number of nitrogens with zero attached hydrogens (tertiary/aromatic N) is 1. The quantitative estimate of drug-likeness (QED) is 0.629. The Morgan fingerprint density at radius 1 is 1.48 bits per heavy atom. The summed E-state index contributed by atoms with van der Waals surface area (Å²) in [7, 11) is -2.45. The maximum Gasteiger partial charge on any atom is 0.336 e. The first kappa shape index (κ1) is 15.7. The molecule has 1 atom stereocenters. The van der Waals surface area contributed by atoms with Crippen LogP contribution < -0.4 is 5.73 Å². The first-order valence-electron chi connectivity index (χ1n) is 6.42. The molecule has 0 saturated carbocycles. The summed E-state index contributed by atoms with van der Waals surface area (Å²) in [6, 6.07) is 4.54. The van der Waals surface area contributed by atoms with Crippen molar-refractivity contribution in [2.75, 3.05) is 32.5 Å². The molecule has 0 amide bonds. The van der Waals surface area contributed by atoms with E-state index in [0.29, 0.717) is 11.3 Å². The summed E-state index contributed by atoms with van der Waals surface area (Å²) in [6.45, 7) is 2.02. The fraction of sp³-hybridized carbons (Fsp3) is 0.462. The van der Waals surface area contributed by atoms with Crippen molar-refractivity contribution >= 4 is 21.7 Å². The molecule has 116 valence electrons. The van der Waals surface area contributed by atoms with Gasteiger partial charge in [0.25, 0.3) is 0 Å². The van der Waals surface area contributed by atoms with Gasteiger partial charge in [0, 0.05) is 12.2 Å². The van der Waals surface area contributed by atoms with Gasteiger partial charge in [-0.1, -0.05) is 0 Å².